The van der Waals surface area contributed by atoms with E-state index in [1.807, 2.05) is 13.8 Å². The van der Waals surface area contributed by atoms with Crippen molar-refractivity contribution in [2.75, 3.05) is 0 Å². The van der Waals surface area contributed by atoms with E-state index in [0.717, 1.165) is 31.3 Å². The Morgan fingerprint density at radius 1 is 1.24 bits per heavy atom. The van der Waals surface area contributed by atoms with E-state index >= 15 is 0 Å². The van der Waals surface area contributed by atoms with Gasteiger partial charge in [0.2, 0.25) is 0 Å². The summed E-state index contributed by atoms with van der Waals surface area (Å²) in [5, 5.41) is 10.2. The van der Waals surface area contributed by atoms with Crippen molar-refractivity contribution in [3.8, 4) is 0 Å². The number of esters is 2. The molecule has 0 spiro atoms. The second kappa shape index (κ2) is 4.95. The molecule has 0 amide bonds. The zero-order chi connectivity index (χ0) is 18.2. The van der Waals surface area contributed by atoms with Gasteiger partial charge in [-0.3, -0.25) is 14.4 Å². The summed E-state index contributed by atoms with van der Waals surface area (Å²) in [6.07, 6.45) is 5.05. The molecule has 6 atom stereocenters. The van der Waals surface area contributed by atoms with Gasteiger partial charge < -0.3 is 9.84 Å². The first-order valence-corrected chi connectivity index (χ1v) is 9.33. The molecular weight excluding hydrogens is 320 g/mol. The zero-order valence-corrected chi connectivity index (χ0v) is 15.0. The van der Waals surface area contributed by atoms with Crippen LogP contribution >= 0.6 is 0 Å². The van der Waals surface area contributed by atoms with E-state index in [9.17, 15) is 19.5 Å². The first-order chi connectivity index (χ1) is 11.7. The minimum Gasteiger partial charge on any atom is -0.481 e. The van der Waals surface area contributed by atoms with Crippen LogP contribution in [0.3, 0.4) is 0 Å². The molecule has 1 aliphatic heterocycles. The van der Waals surface area contributed by atoms with Crippen molar-refractivity contribution in [2.24, 2.45) is 34.0 Å². The summed E-state index contributed by atoms with van der Waals surface area (Å²) < 4.78 is 5.03. The van der Waals surface area contributed by atoms with Gasteiger partial charge in [0.25, 0.3) is 0 Å². The number of carboxylic acids is 1. The molecule has 3 aliphatic carbocycles. The largest absolute Gasteiger partial charge is 0.481 e. The lowest BCUT2D eigenvalue weighted by atomic mass is 9.46. The van der Waals surface area contributed by atoms with Gasteiger partial charge in [0.05, 0.1) is 16.7 Å². The first-order valence-electron chi connectivity index (χ1n) is 9.33. The number of allylic oxidation sites excluding steroid dienone is 1. The predicted octanol–water partition coefficient (Wildman–Crippen LogP) is 3.33. The summed E-state index contributed by atoms with van der Waals surface area (Å²) in [6, 6.07) is 0. The SMILES string of the molecule is C=C1C[C@]2(C(=O)O)C[C@H]1CC[C@@]2(C)[C@H]1CCC[C@@]2(C)C(=O)OC(=O)[C@@H]12. The van der Waals surface area contributed by atoms with Crippen molar-refractivity contribution in [1.29, 1.82) is 0 Å². The Bertz CT molecular complexity index is 696. The average Bonchev–Trinajstić information content (AvgIpc) is 2.97. The fourth-order valence-corrected chi connectivity index (χ4v) is 6.64. The molecule has 136 valence electrons. The quantitative estimate of drug-likeness (QED) is 0.471. The molecule has 25 heavy (non-hydrogen) atoms. The third kappa shape index (κ3) is 1.87. The Labute approximate surface area is 147 Å². The molecule has 1 N–H and O–H groups in total. The van der Waals surface area contributed by atoms with Gasteiger partial charge in [-0.2, -0.15) is 0 Å². The number of cyclic esters (lactones) is 2. The van der Waals surface area contributed by atoms with Crippen LogP contribution in [0.2, 0.25) is 0 Å². The number of rotatable bonds is 2. The predicted molar refractivity (Wildman–Crippen MR) is 89.3 cm³/mol. The maximum atomic E-state index is 12.6. The smallest absolute Gasteiger partial charge is 0.320 e. The molecule has 1 heterocycles. The number of carbonyl (C=O) groups is 3. The molecule has 0 unspecified atom stereocenters. The molecule has 5 nitrogen and oxygen atoms in total. The number of carbonyl (C=O) groups excluding carboxylic acids is 2. The van der Waals surface area contributed by atoms with Crippen LogP contribution in [-0.2, 0) is 19.1 Å². The molecule has 0 radical (unpaired) electrons. The summed E-state index contributed by atoms with van der Waals surface area (Å²) in [6.45, 7) is 8.00. The molecule has 2 bridgehead atoms. The van der Waals surface area contributed by atoms with E-state index in [1.165, 1.54) is 0 Å². The minimum absolute atomic E-state index is 0.131. The number of fused-ring (bicyclic) bond motifs is 3. The molecule has 5 heteroatoms. The Balaban J connectivity index is 1.82. The van der Waals surface area contributed by atoms with Crippen LogP contribution in [0.4, 0.5) is 0 Å². The van der Waals surface area contributed by atoms with Gasteiger partial charge in [-0.25, -0.2) is 0 Å². The summed E-state index contributed by atoms with van der Waals surface area (Å²) >= 11 is 0. The molecule has 0 aromatic carbocycles. The molecule has 4 rings (SSSR count). The lowest BCUT2D eigenvalue weighted by Crippen LogP contribution is -2.56. The van der Waals surface area contributed by atoms with E-state index in [0.29, 0.717) is 19.3 Å². The van der Waals surface area contributed by atoms with Crippen molar-refractivity contribution in [2.45, 2.75) is 58.8 Å². The molecular formula is C20H26O5. The van der Waals surface area contributed by atoms with Gasteiger partial charge in [-0.1, -0.05) is 25.5 Å². The van der Waals surface area contributed by atoms with Gasteiger partial charge in [-0.15, -0.1) is 0 Å². The molecule has 3 saturated carbocycles. The summed E-state index contributed by atoms with van der Waals surface area (Å²) in [4.78, 5) is 37.3. The van der Waals surface area contributed by atoms with E-state index in [-0.39, 0.29) is 11.8 Å². The van der Waals surface area contributed by atoms with Gasteiger partial charge in [0.15, 0.2) is 0 Å². The number of carboxylic acid groups (broad SMARTS) is 1. The Hall–Kier alpha value is -1.65. The lowest BCUT2D eigenvalue weighted by Gasteiger charge is -2.55. The molecule has 4 aliphatic rings. The van der Waals surface area contributed by atoms with Crippen molar-refractivity contribution in [1.82, 2.24) is 0 Å². The van der Waals surface area contributed by atoms with Crippen LogP contribution in [-0.4, -0.2) is 23.0 Å². The van der Waals surface area contributed by atoms with Gasteiger partial charge in [0.1, 0.15) is 0 Å². The van der Waals surface area contributed by atoms with Crippen LogP contribution < -0.4 is 0 Å². The molecule has 1 saturated heterocycles. The monoisotopic (exact) mass is 346 g/mol. The number of ether oxygens (including phenoxy) is 1. The Morgan fingerprint density at radius 2 is 1.96 bits per heavy atom. The normalized spacial score (nSPS) is 49.0. The zero-order valence-electron chi connectivity index (χ0n) is 15.0. The number of hydrogen-bond donors (Lipinski definition) is 1. The first kappa shape index (κ1) is 16.8. The highest BCUT2D eigenvalue weighted by atomic mass is 16.6. The summed E-state index contributed by atoms with van der Waals surface area (Å²) in [7, 11) is 0. The van der Waals surface area contributed by atoms with Gasteiger partial charge in [0, 0.05) is 0 Å². The van der Waals surface area contributed by atoms with Crippen LogP contribution in [0.25, 0.3) is 0 Å². The Morgan fingerprint density at radius 3 is 2.64 bits per heavy atom. The summed E-state index contributed by atoms with van der Waals surface area (Å²) in [5.74, 6) is -2.02. The van der Waals surface area contributed by atoms with Crippen molar-refractivity contribution < 1.29 is 24.2 Å². The standard InChI is InChI=1S/C20H26O5/c1-11-9-20(16(22)23)10-12(11)6-8-19(20,3)13-5-4-7-18(2)14(13)15(21)25-17(18)24/h12-14H,1,4-10H2,2-3H3,(H,22,23)/t12-,13+,14-,18-,19+,20-/m1/s1. The Kier molecular flexibility index (Phi) is 3.33. The van der Waals surface area contributed by atoms with Crippen LogP contribution in [0.15, 0.2) is 12.2 Å². The second-order valence-corrected chi connectivity index (χ2v) is 9.18. The minimum atomic E-state index is -0.873. The third-order valence-corrected chi connectivity index (χ3v) is 8.25. The maximum Gasteiger partial charge on any atom is 0.320 e. The second-order valence-electron chi connectivity index (χ2n) is 9.18. The highest BCUT2D eigenvalue weighted by Crippen LogP contribution is 2.69. The molecule has 0 aromatic rings. The number of aliphatic carboxylic acids is 1. The van der Waals surface area contributed by atoms with Crippen LogP contribution in [0.1, 0.15) is 58.8 Å². The number of hydrogen-bond acceptors (Lipinski definition) is 4. The molecule has 0 aromatic heterocycles. The van der Waals surface area contributed by atoms with Gasteiger partial charge >= 0.3 is 17.9 Å². The topological polar surface area (TPSA) is 80.7 Å². The summed E-state index contributed by atoms with van der Waals surface area (Å²) in [5.41, 5.74) is -1.16. The van der Waals surface area contributed by atoms with Crippen LogP contribution in [0.5, 0.6) is 0 Å². The third-order valence-electron chi connectivity index (χ3n) is 8.25. The lowest BCUT2D eigenvalue weighted by molar-refractivity contribution is -0.174. The fourth-order valence-electron chi connectivity index (χ4n) is 6.64. The van der Waals surface area contributed by atoms with E-state index in [4.69, 9.17) is 4.74 Å². The van der Waals surface area contributed by atoms with Gasteiger partial charge in [-0.05, 0) is 62.7 Å². The average molecular weight is 346 g/mol. The van der Waals surface area contributed by atoms with E-state index in [1.54, 1.807) is 0 Å². The van der Waals surface area contributed by atoms with Crippen molar-refractivity contribution >= 4 is 17.9 Å². The fraction of sp³-hybridized carbons (Fsp3) is 0.750. The van der Waals surface area contributed by atoms with Crippen molar-refractivity contribution in [3.05, 3.63) is 12.2 Å². The van der Waals surface area contributed by atoms with Crippen molar-refractivity contribution in [3.63, 3.8) is 0 Å². The van der Waals surface area contributed by atoms with E-state index in [2.05, 4.69) is 6.58 Å². The highest BCUT2D eigenvalue weighted by Gasteiger charge is 2.69. The maximum absolute atomic E-state index is 12.6. The highest BCUT2D eigenvalue weighted by molar-refractivity contribution is 5.99. The van der Waals surface area contributed by atoms with E-state index < -0.39 is 40.1 Å². The molecule has 4 fully saturated rings. The van der Waals surface area contributed by atoms with Crippen LogP contribution in [0, 0.1) is 34.0 Å².